The van der Waals surface area contributed by atoms with E-state index in [-0.39, 0.29) is 0 Å². The SMILES string of the molecule is c1ccc(-c2ccc(-c3nc(-c4ccccc4)nc(-c4ccc5oc6ccccc6c5c4-c4cccc(-c5cccc6sc7ccccc7c56)c4)n3)cc2)cc1. The Hall–Kier alpha value is -7.21. The Kier molecular flexibility index (Phi) is 7.64. The first-order valence-corrected chi connectivity index (χ1v) is 19.5. The van der Waals surface area contributed by atoms with Crippen LogP contribution in [0, 0.1) is 0 Å². The molecule has 0 radical (unpaired) electrons. The van der Waals surface area contributed by atoms with E-state index in [0.717, 1.165) is 66.4 Å². The Morgan fingerprint density at radius 1 is 0.339 bits per heavy atom. The number of para-hydroxylation sites is 1. The number of hydrogen-bond donors (Lipinski definition) is 0. The van der Waals surface area contributed by atoms with Gasteiger partial charge < -0.3 is 4.42 Å². The molecule has 0 N–H and O–H groups in total. The van der Waals surface area contributed by atoms with Gasteiger partial charge in [-0.15, -0.1) is 11.3 Å². The van der Waals surface area contributed by atoms with Crippen molar-refractivity contribution in [3.8, 4) is 67.5 Å². The number of thiophene rings is 1. The normalized spacial score (nSPS) is 11.6. The van der Waals surface area contributed by atoms with Gasteiger partial charge >= 0.3 is 0 Å². The van der Waals surface area contributed by atoms with Gasteiger partial charge in [-0.2, -0.15) is 0 Å². The minimum absolute atomic E-state index is 0.597. The molecule has 56 heavy (non-hydrogen) atoms. The van der Waals surface area contributed by atoms with Crippen molar-refractivity contribution in [3.63, 3.8) is 0 Å². The highest BCUT2D eigenvalue weighted by atomic mass is 32.1. The second-order valence-electron chi connectivity index (χ2n) is 13.9. The number of furan rings is 1. The van der Waals surface area contributed by atoms with Crippen LogP contribution in [0.4, 0.5) is 0 Å². The van der Waals surface area contributed by atoms with E-state index < -0.39 is 0 Å². The summed E-state index contributed by atoms with van der Waals surface area (Å²) in [7, 11) is 0. The third kappa shape index (κ3) is 5.48. The molecule has 0 atom stereocenters. The lowest BCUT2D eigenvalue weighted by atomic mass is 9.91. The van der Waals surface area contributed by atoms with Crippen LogP contribution in [0.1, 0.15) is 0 Å². The quantitative estimate of drug-likeness (QED) is 0.171. The van der Waals surface area contributed by atoms with E-state index in [0.29, 0.717) is 17.5 Å². The summed E-state index contributed by atoms with van der Waals surface area (Å²) in [6.07, 6.45) is 0. The molecule has 0 fully saturated rings. The minimum Gasteiger partial charge on any atom is -0.456 e. The Balaban J connectivity index is 1.15. The van der Waals surface area contributed by atoms with E-state index in [2.05, 4.69) is 140 Å². The van der Waals surface area contributed by atoms with Gasteiger partial charge in [0.2, 0.25) is 0 Å². The van der Waals surface area contributed by atoms with Crippen LogP contribution in [0.25, 0.3) is 110 Å². The monoisotopic (exact) mass is 733 g/mol. The maximum Gasteiger partial charge on any atom is 0.164 e. The summed E-state index contributed by atoms with van der Waals surface area (Å²) in [5.74, 6) is 1.83. The molecule has 11 aromatic rings. The van der Waals surface area contributed by atoms with Crippen molar-refractivity contribution in [2.45, 2.75) is 0 Å². The summed E-state index contributed by atoms with van der Waals surface area (Å²) >= 11 is 1.84. The van der Waals surface area contributed by atoms with Gasteiger partial charge in [-0.05, 0) is 64.2 Å². The summed E-state index contributed by atoms with van der Waals surface area (Å²) in [5.41, 5.74) is 11.1. The van der Waals surface area contributed by atoms with E-state index in [9.17, 15) is 0 Å². The zero-order valence-corrected chi connectivity index (χ0v) is 30.9. The van der Waals surface area contributed by atoms with Crippen molar-refractivity contribution in [2.24, 2.45) is 0 Å². The summed E-state index contributed by atoms with van der Waals surface area (Å²) in [6.45, 7) is 0. The number of hydrogen-bond acceptors (Lipinski definition) is 5. The van der Waals surface area contributed by atoms with Gasteiger partial charge in [0.1, 0.15) is 11.2 Å². The lowest BCUT2D eigenvalue weighted by molar-refractivity contribution is 0.669. The molecule has 0 aliphatic heterocycles. The molecular formula is C51H31N3OS. The topological polar surface area (TPSA) is 51.8 Å². The second kappa shape index (κ2) is 13.3. The summed E-state index contributed by atoms with van der Waals surface area (Å²) in [6, 6.07) is 65.6. The lowest BCUT2D eigenvalue weighted by Crippen LogP contribution is -2.01. The number of nitrogens with zero attached hydrogens (tertiary/aromatic N) is 3. The average molecular weight is 734 g/mol. The molecule has 0 unspecified atom stereocenters. The predicted molar refractivity (Wildman–Crippen MR) is 233 cm³/mol. The highest BCUT2D eigenvalue weighted by Crippen LogP contribution is 2.45. The van der Waals surface area contributed by atoms with Gasteiger partial charge in [0.05, 0.1) is 0 Å². The molecular weight excluding hydrogens is 703 g/mol. The van der Waals surface area contributed by atoms with Gasteiger partial charge in [0.25, 0.3) is 0 Å². The fourth-order valence-electron chi connectivity index (χ4n) is 7.94. The number of fused-ring (bicyclic) bond motifs is 6. The van der Waals surface area contributed by atoms with Gasteiger partial charge in [-0.25, -0.2) is 15.0 Å². The molecule has 0 bridgehead atoms. The number of benzene rings is 8. The number of rotatable bonds is 6. The summed E-state index contributed by atoms with van der Waals surface area (Å²) < 4.78 is 9.07. The first kappa shape index (κ1) is 32.2. The molecule has 5 heteroatoms. The highest BCUT2D eigenvalue weighted by Gasteiger charge is 2.22. The molecule has 11 rings (SSSR count). The van der Waals surface area contributed by atoms with Crippen molar-refractivity contribution in [2.75, 3.05) is 0 Å². The molecule has 0 aliphatic carbocycles. The Morgan fingerprint density at radius 2 is 0.911 bits per heavy atom. The fraction of sp³-hybridized carbons (Fsp3) is 0. The van der Waals surface area contributed by atoms with Crippen molar-refractivity contribution >= 4 is 53.4 Å². The van der Waals surface area contributed by atoms with Crippen molar-refractivity contribution in [1.29, 1.82) is 0 Å². The molecule has 0 saturated heterocycles. The smallest absolute Gasteiger partial charge is 0.164 e. The van der Waals surface area contributed by atoms with Gasteiger partial charge in [-0.3, -0.25) is 0 Å². The Bertz CT molecular complexity index is 3240. The standard InChI is InChI=1S/C51H31N3OS/c1-3-13-32(14-4-1)33-25-27-35(28-26-33)50-52-49(34-15-5-2-6-16-34)53-51(54-50)41-29-30-43-48(39-19-7-9-22-42(39)55-43)46(41)37-18-11-17-36(31-37)38-21-12-24-45-47(38)40-20-8-10-23-44(40)56-45/h1-31H. The number of aromatic nitrogens is 3. The Labute approximate surface area is 327 Å². The molecule has 8 aromatic carbocycles. The molecule has 4 nitrogen and oxygen atoms in total. The summed E-state index contributed by atoms with van der Waals surface area (Å²) in [5, 5.41) is 4.64. The third-order valence-electron chi connectivity index (χ3n) is 10.6. The first-order valence-electron chi connectivity index (χ1n) is 18.7. The van der Waals surface area contributed by atoms with Crippen molar-refractivity contribution < 1.29 is 4.42 Å². The van der Waals surface area contributed by atoms with E-state index in [1.807, 2.05) is 59.9 Å². The van der Waals surface area contributed by atoms with Crippen LogP contribution in [-0.2, 0) is 0 Å². The van der Waals surface area contributed by atoms with Crippen LogP contribution in [0.2, 0.25) is 0 Å². The molecule has 3 aromatic heterocycles. The summed E-state index contributed by atoms with van der Waals surface area (Å²) in [4.78, 5) is 15.5. The van der Waals surface area contributed by atoms with Crippen molar-refractivity contribution in [1.82, 2.24) is 15.0 Å². The molecule has 0 saturated carbocycles. The van der Waals surface area contributed by atoms with Gasteiger partial charge in [0.15, 0.2) is 17.5 Å². The van der Waals surface area contributed by atoms with Gasteiger partial charge in [-0.1, -0.05) is 152 Å². The van der Waals surface area contributed by atoms with Crippen LogP contribution in [0.3, 0.4) is 0 Å². The molecule has 262 valence electrons. The first-order chi connectivity index (χ1) is 27.7. The maximum atomic E-state index is 6.50. The maximum absolute atomic E-state index is 6.50. The minimum atomic E-state index is 0.597. The van der Waals surface area contributed by atoms with E-state index >= 15 is 0 Å². The van der Waals surface area contributed by atoms with Crippen LogP contribution in [0.15, 0.2) is 192 Å². The largest absolute Gasteiger partial charge is 0.456 e. The fourth-order valence-corrected chi connectivity index (χ4v) is 9.08. The van der Waals surface area contributed by atoms with Crippen LogP contribution in [-0.4, -0.2) is 15.0 Å². The van der Waals surface area contributed by atoms with Gasteiger partial charge in [0, 0.05) is 53.2 Å². The van der Waals surface area contributed by atoms with Crippen molar-refractivity contribution in [3.05, 3.63) is 188 Å². The van der Waals surface area contributed by atoms with E-state index in [1.165, 1.54) is 25.7 Å². The third-order valence-corrected chi connectivity index (χ3v) is 11.7. The van der Waals surface area contributed by atoms with E-state index in [4.69, 9.17) is 19.4 Å². The zero-order valence-electron chi connectivity index (χ0n) is 30.1. The predicted octanol–water partition coefficient (Wildman–Crippen LogP) is 14.1. The van der Waals surface area contributed by atoms with Crippen LogP contribution in [0.5, 0.6) is 0 Å². The molecule has 3 heterocycles. The second-order valence-corrected chi connectivity index (χ2v) is 15.0. The molecule has 0 spiro atoms. The highest BCUT2D eigenvalue weighted by molar-refractivity contribution is 7.25. The molecule has 0 amide bonds. The average Bonchev–Trinajstić information content (AvgIpc) is 3.85. The zero-order chi connectivity index (χ0) is 37.0. The van der Waals surface area contributed by atoms with E-state index in [1.54, 1.807) is 0 Å². The van der Waals surface area contributed by atoms with Crippen LogP contribution >= 0.6 is 11.3 Å². The lowest BCUT2D eigenvalue weighted by Gasteiger charge is -2.15. The molecule has 0 aliphatic rings. The van der Waals surface area contributed by atoms with Crippen LogP contribution < -0.4 is 0 Å². The Morgan fingerprint density at radius 3 is 1.71 bits per heavy atom.